The number of nitrogens with zero attached hydrogens (tertiary/aromatic N) is 1. The molecule has 1 aliphatic heterocycles. The van der Waals surface area contributed by atoms with Crippen LogP contribution in [0.4, 0.5) is 5.69 Å². The molecule has 0 fully saturated rings. The van der Waals surface area contributed by atoms with Crippen molar-refractivity contribution in [1.82, 2.24) is 4.90 Å². The Balaban J connectivity index is 1.98. The summed E-state index contributed by atoms with van der Waals surface area (Å²) in [4.78, 5) is 2.26. The molecule has 0 bridgehead atoms. The van der Waals surface area contributed by atoms with Gasteiger partial charge in [-0.15, -0.1) is 0 Å². The van der Waals surface area contributed by atoms with Gasteiger partial charge in [-0.05, 0) is 58.5 Å². The van der Waals surface area contributed by atoms with Crippen molar-refractivity contribution in [2.45, 2.75) is 32.2 Å². The fourth-order valence-corrected chi connectivity index (χ4v) is 2.32. The van der Waals surface area contributed by atoms with Gasteiger partial charge in [0.2, 0.25) is 0 Å². The largest absolute Gasteiger partial charge is 0.382 e. The predicted molar refractivity (Wildman–Crippen MR) is 70.1 cm³/mol. The molecule has 1 aliphatic rings. The van der Waals surface area contributed by atoms with E-state index in [4.69, 9.17) is 0 Å². The maximum atomic E-state index is 3.65. The average Bonchev–Trinajstić information content (AvgIpc) is 2.26. The molecular weight excluding hydrogens is 196 g/mol. The standard InChI is InChI=1S/C14H22N2/c1-11-4-7-14-12(10-11)5-6-13(15-14)8-9-16(2)3/h4,7,10,13,15H,5-6,8-9H2,1-3H3. The summed E-state index contributed by atoms with van der Waals surface area (Å²) < 4.78 is 0. The molecule has 0 saturated heterocycles. The molecule has 1 N–H and O–H groups in total. The van der Waals surface area contributed by atoms with Gasteiger partial charge in [0, 0.05) is 11.7 Å². The number of rotatable bonds is 3. The maximum Gasteiger partial charge on any atom is 0.0375 e. The topological polar surface area (TPSA) is 15.3 Å². The van der Waals surface area contributed by atoms with Crippen molar-refractivity contribution >= 4 is 5.69 Å². The van der Waals surface area contributed by atoms with Gasteiger partial charge in [-0.3, -0.25) is 0 Å². The molecule has 0 aliphatic carbocycles. The van der Waals surface area contributed by atoms with Crippen LogP contribution in [0.15, 0.2) is 18.2 Å². The Kier molecular flexibility index (Phi) is 3.49. The van der Waals surface area contributed by atoms with Crippen LogP contribution in [0.25, 0.3) is 0 Å². The van der Waals surface area contributed by atoms with Gasteiger partial charge in [-0.25, -0.2) is 0 Å². The molecule has 88 valence electrons. The molecule has 2 nitrogen and oxygen atoms in total. The van der Waals surface area contributed by atoms with E-state index < -0.39 is 0 Å². The predicted octanol–water partition coefficient (Wildman–Crippen LogP) is 2.67. The van der Waals surface area contributed by atoms with Crippen LogP contribution in [-0.2, 0) is 6.42 Å². The van der Waals surface area contributed by atoms with E-state index in [1.807, 2.05) is 0 Å². The molecule has 0 radical (unpaired) electrons. The number of nitrogens with one attached hydrogen (secondary N) is 1. The van der Waals surface area contributed by atoms with Gasteiger partial charge in [0.15, 0.2) is 0 Å². The summed E-state index contributed by atoms with van der Waals surface area (Å²) in [5.74, 6) is 0. The monoisotopic (exact) mass is 218 g/mol. The molecule has 0 aromatic heterocycles. The zero-order valence-corrected chi connectivity index (χ0v) is 10.6. The lowest BCUT2D eigenvalue weighted by atomic mass is 9.95. The van der Waals surface area contributed by atoms with Crippen molar-refractivity contribution in [3.8, 4) is 0 Å². The average molecular weight is 218 g/mol. The highest BCUT2D eigenvalue weighted by atomic mass is 15.1. The smallest absolute Gasteiger partial charge is 0.0375 e. The minimum Gasteiger partial charge on any atom is -0.382 e. The molecule has 0 amide bonds. The van der Waals surface area contributed by atoms with Gasteiger partial charge in [-0.2, -0.15) is 0 Å². The van der Waals surface area contributed by atoms with Crippen molar-refractivity contribution < 1.29 is 0 Å². The zero-order valence-electron chi connectivity index (χ0n) is 10.6. The Morgan fingerprint density at radius 1 is 1.38 bits per heavy atom. The first-order valence-corrected chi connectivity index (χ1v) is 6.16. The van der Waals surface area contributed by atoms with E-state index >= 15 is 0 Å². The molecule has 1 aromatic carbocycles. The molecular formula is C14H22N2. The van der Waals surface area contributed by atoms with Crippen molar-refractivity contribution in [3.63, 3.8) is 0 Å². The Morgan fingerprint density at radius 3 is 2.94 bits per heavy atom. The van der Waals surface area contributed by atoms with E-state index in [9.17, 15) is 0 Å². The molecule has 1 heterocycles. The molecule has 0 spiro atoms. The first kappa shape index (κ1) is 11.5. The van der Waals surface area contributed by atoms with Crippen LogP contribution < -0.4 is 5.32 Å². The summed E-state index contributed by atoms with van der Waals surface area (Å²) in [5.41, 5.74) is 4.20. The van der Waals surface area contributed by atoms with E-state index in [2.05, 4.69) is 49.4 Å². The quantitative estimate of drug-likeness (QED) is 0.839. The fourth-order valence-electron chi connectivity index (χ4n) is 2.32. The van der Waals surface area contributed by atoms with Gasteiger partial charge >= 0.3 is 0 Å². The van der Waals surface area contributed by atoms with Crippen LogP contribution in [-0.4, -0.2) is 31.6 Å². The zero-order chi connectivity index (χ0) is 11.5. The van der Waals surface area contributed by atoms with Gasteiger partial charge in [0.25, 0.3) is 0 Å². The molecule has 2 heteroatoms. The minimum atomic E-state index is 0.651. The lowest BCUT2D eigenvalue weighted by molar-refractivity contribution is 0.379. The summed E-state index contributed by atoms with van der Waals surface area (Å²) in [5, 5.41) is 3.65. The number of anilines is 1. The summed E-state index contributed by atoms with van der Waals surface area (Å²) in [6.45, 7) is 3.33. The third-order valence-corrected chi connectivity index (χ3v) is 3.31. The number of fused-ring (bicyclic) bond motifs is 1. The van der Waals surface area contributed by atoms with Crippen molar-refractivity contribution in [2.24, 2.45) is 0 Å². The Morgan fingerprint density at radius 2 is 2.19 bits per heavy atom. The number of hydrogen-bond donors (Lipinski definition) is 1. The van der Waals surface area contributed by atoms with Crippen LogP contribution in [0.1, 0.15) is 24.0 Å². The van der Waals surface area contributed by atoms with E-state index in [1.165, 1.54) is 42.6 Å². The SMILES string of the molecule is Cc1ccc2c(c1)CCC(CCN(C)C)N2. The van der Waals surface area contributed by atoms with Gasteiger partial charge in [0.1, 0.15) is 0 Å². The first-order valence-electron chi connectivity index (χ1n) is 6.16. The summed E-state index contributed by atoms with van der Waals surface area (Å²) in [6.07, 6.45) is 3.73. The van der Waals surface area contributed by atoms with Crippen LogP contribution in [0.2, 0.25) is 0 Å². The molecule has 0 saturated carbocycles. The van der Waals surface area contributed by atoms with E-state index in [0.29, 0.717) is 6.04 Å². The lowest BCUT2D eigenvalue weighted by Gasteiger charge is -2.28. The second-order valence-corrected chi connectivity index (χ2v) is 5.13. The Bertz CT molecular complexity index is 358. The fraction of sp³-hybridized carbons (Fsp3) is 0.571. The highest BCUT2D eigenvalue weighted by Gasteiger charge is 2.17. The van der Waals surface area contributed by atoms with Crippen molar-refractivity contribution in [2.75, 3.05) is 26.0 Å². The maximum absolute atomic E-state index is 3.65. The Hall–Kier alpha value is -1.02. The first-order chi connectivity index (χ1) is 7.65. The van der Waals surface area contributed by atoms with Crippen molar-refractivity contribution in [1.29, 1.82) is 0 Å². The van der Waals surface area contributed by atoms with Gasteiger partial charge in [-0.1, -0.05) is 17.7 Å². The highest BCUT2D eigenvalue weighted by Crippen LogP contribution is 2.26. The molecule has 1 atom stereocenters. The lowest BCUT2D eigenvalue weighted by Crippen LogP contribution is -2.29. The Labute approximate surface area is 98.7 Å². The van der Waals surface area contributed by atoms with Crippen LogP contribution in [0, 0.1) is 6.92 Å². The molecule has 1 aromatic rings. The minimum absolute atomic E-state index is 0.651. The second kappa shape index (κ2) is 4.88. The molecule has 16 heavy (non-hydrogen) atoms. The van der Waals surface area contributed by atoms with Gasteiger partial charge in [0.05, 0.1) is 0 Å². The highest BCUT2D eigenvalue weighted by molar-refractivity contribution is 5.55. The summed E-state index contributed by atoms with van der Waals surface area (Å²) in [7, 11) is 4.28. The normalized spacial score (nSPS) is 19.4. The summed E-state index contributed by atoms with van der Waals surface area (Å²) in [6, 6.07) is 7.38. The second-order valence-electron chi connectivity index (χ2n) is 5.13. The van der Waals surface area contributed by atoms with Crippen LogP contribution in [0.5, 0.6) is 0 Å². The molecule has 1 unspecified atom stereocenters. The van der Waals surface area contributed by atoms with Crippen LogP contribution in [0.3, 0.4) is 0 Å². The molecule has 2 rings (SSSR count). The van der Waals surface area contributed by atoms with Crippen molar-refractivity contribution in [3.05, 3.63) is 29.3 Å². The third-order valence-electron chi connectivity index (χ3n) is 3.31. The number of benzene rings is 1. The van der Waals surface area contributed by atoms with E-state index in [1.54, 1.807) is 0 Å². The third kappa shape index (κ3) is 2.76. The number of hydrogen-bond acceptors (Lipinski definition) is 2. The summed E-state index contributed by atoms with van der Waals surface area (Å²) >= 11 is 0. The van der Waals surface area contributed by atoms with Crippen LogP contribution >= 0.6 is 0 Å². The van der Waals surface area contributed by atoms with E-state index in [0.717, 1.165) is 0 Å². The number of aryl methyl sites for hydroxylation is 2. The van der Waals surface area contributed by atoms with E-state index in [-0.39, 0.29) is 0 Å². The van der Waals surface area contributed by atoms with Gasteiger partial charge < -0.3 is 10.2 Å².